The van der Waals surface area contributed by atoms with Gasteiger partial charge < -0.3 is 30.0 Å². The number of carbonyl (C=O) groups excluding carboxylic acids is 2. The van der Waals surface area contributed by atoms with Crippen LogP contribution in [0, 0.1) is 11.6 Å². The largest absolute Gasteiger partial charge is 0.438 e. The van der Waals surface area contributed by atoms with Crippen molar-refractivity contribution in [3.05, 3.63) is 114 Å². The molecule has 0 spiro atoms. The smallest absolute Gasteiger partial charge is 0.271 e. The molecule has 10 nitrogen and oxygen atoms in total. The van der Waals surface area contributed by atoms with Crippen LogP contribution in [0.5, 0.6) is 11.6 Å². The van der Waals surface area contributed by atoms with Gasteiger partial charge >= 0.3 is 0 Å². The summed E-state index contributed by atoms with van der Waals surface area (Å²) >= 11 is 0. The first-order valence-corrected chi connectivity index (χ1v) is 17.1. The van der Waals surface area contributed by atoms with Crippen molar-refractivity contribution in [3.8, 4) is 22.8 Å². The minimum atomic E-state index is -0.644. The van der Waals surface area contributed by atoms with E-state index in [4.69, 9.17) is 4.74 Å². The number of benzene rings is 2. The number of imidazole rings is 1. The van der Waals surface area contributed by atoms with Gasteiger partial charge in [0.25, 0.3) is 11.8 Å². The molecule has 5 aromatic rings. The zero-order chi connectivity index (χ0) is 34.5. The van der Waals surface area contributed by atoms with Crippen molar-refractivity contribution in [2.24, 2.45) is 0 Å². The predicted octanol–water partition coefficient (Wildman–Crippen LogP) is 5.39. The first kappa shape index (κ1) is 33.3. The second-order valence-electron chi connectivity index (χ2n) is 12.9. The van der Waals surface area contributed by atoms with Gasteiger partial charge in [0.05, 0.1) is 6.20 Å². The molecule has 7 rings (SSSR count). The fourth-order valence-corrected chi connectivity index (χ4v) is 6.59. The molecule has 3 N–H and O–H groups in total. The topological polar surface area (TPSA) is 113 Å². The van der Waals surface area contributed by atoms with E-state index < -0.39 is 17.5 Å². The van der Waals surface area contributed by atoms with Crippen LogP contribution in [0.1, 0.15) is 52.1 Å². The zero-order valence-electron chi connectivity index (χ0n) is 27.6. The van der Waals surface area contributed by atoms with Crippen LogP contribution >= 0.6 is 0 Å². The van der Waals surface area contributed by atoms with Crippen molar-refractivity contribution in [2.45, 2.75) is 44.2 Å². The summed E-state index contributed by atoms with van der Waals surface area (Å²) in [6.45, 7) is 5.29. The van der Waals surface area contributed by atoms with Crippen molar-refractivity contribution >= 4 is 17.5 Å². The minimum absolute atomic E-state index is 0.00274. The van der Waals surface area contributed by atoms with Crippen LogP contribution in [0.4, 0.5) is 8.78 Å². The Morgan fingerprint density at radius 3 is 2.34 bits per heavy atom. The summed E-state index contributed by atoms with van der Waals surface area (Å²) in [4.78, 5) is 37.1. The van der Waals surface area contributed by atoms with Crippen molar-refractivity contribution < 1.29 is 23.1 Å². The molecule has 1 saturated carbocycles. The molecule has 258 valence electrons. The summed E-state index contributed by atoms with van der Waals surface area (Å²) in [6.07, 6.45) is 7.28. The molecule has 0 radical (unpaired) electrons. The maximum Gasteiger partial charge on any atom is 0.271 e. The van der Waals surface area contributed by atoms with E-state index in [0.29, 0.717) is 37.1 Å². The highest BCUT2D eigenvalue weighted by Gasteiger charge is 2.26. The molecule has 1 saturated heterocycles. The maximum absolute atomic E-state index is 14.3. The Hall–Kier alpha value is -5.20. The number of ether oxygens (including phenoxy) is 1. The molecule has 1 aliphatic heterocycles. The van der Waals surface area contributed by atoms with Gasteiger partial charge in [0.15, 0.2) is 0 Å². The number of rotatable bonds is 10. The van der Waals surface area contributed by atoms with E-state index in [9.17, 15) is 18.4 Å². The van der Waals surface area contributed by atoms with Gasteiger partial charge in [0.2, 0.25) is 5.88 Å². The van der Waals surface area contributed by atoms with Crippen LogP contribution in [-0.4, -0.2) is 75.9 Å². The van der Waals surface area contributed by atoms with E-state index in [1.807, 2.05) is 18.2 Å². The van der Waals surface area contributed by atoms with E-state index in [1.54, 1.807) is 6.07 Å². The molecule has 0 atom stereocenters. The highest BCUT2D eigenvalue weighted by atomic mass is 19.1. The highest BCUT2D eigenvalue weighted by molar-refractivity contribution is 5.96. The number of aromatic nitrogens is 3. The van der Waals surface area contributed by atoms with Gasteiger partial charge in [-0.2, -0.15) is 0 Å². The standard InChI is InChI=1S/C38H39F2N7O3/c39-28-8-13-35-45-34(24-47(35)23-28)37(49)44-31-11-9-30(10-12-31)43-36(48)33-21-29(40)22-42-38(33)50-32-3-1-2-27(20-32)26-6-4-25(5-7-26)14-17-46-18-15-41-16-19-46/h1-8,13,20-24,30-31,41H,9-12,14-19H2,(H,43,48)(H,44,49). The number of piperazine rings is 1. The lowest BCUT2D eigenvalue weighted by Crippen LogP contribution is -2.44. The van der Waals surface area contributed by atoms with Crippen LogP contribution in [0.25, 0.3) is 16.8 Å². The fraction of sp³-hybridized carbons (Fsp3) is 0.316. The Balaban J connectivity index is 0.940. The number of halogens is 2. The molecule has 4 heterocycles. The van der Waals surface area contributed by atoms with Crippen molar-refractivity contribution in [1.82, 2.24) is 35.2 Å². The summed E-state index contributed by atoms with van der Waals surface area (Å²) in [7, 11) is 0. The van der Waals surface area contributed by atoms with Crippen molar-refractivity contribution in [2.75, 3.05) is 32.7 Å². The first-order valence-electron chi connectivity index (χ1n) is 17.1. The van der Waals surface area contributed by atoms with Crippen LogP contribution in [-0.2, 0) is 6.42 Å². The quantitative estimate of drug-likeness (QED) is 0.182. The summed E-state index contributed by atoms with van der Waals surface area (Å²) in [5.74, 6) is -1.39. The van der Waals surface area contributed by atoms with Gasteiger partial charge in [-0.05, 0) is 79.1 Å². The van der Waals surface area contributed by atoms with Gasteiger partial charge in [-0.15, -0.1) is 0 Å². The highest BCUT2D eigenvalue weighted by Crippen LogP contribution is 2.29. The lowest BCUT2D eigenvalue weighted by molar-refractivity contribution is 0.0888. The number of fused-ring (bicyclic) bond motifs is 1. The second-order valence-corrected chi connectivity index (χ2v) is 12.9. The molecule has 2 aromatic carbocycles. The Bertz CT molecular complexity index is 1970. The fourth-order valence-electron chi connectivity index (χ4n) is 6.59. The molecule has 2 aliphatic rings. The number of nitrogens with zero attached hydrogens (tertiary/aromatic N) is 4. The number of carbonyl (C=O) groups is 2. The lowest BCUT2D eigenvalue weighted by atomic mass is 9.91. The van der Waals surface area contributed by atoms with E-state index in [-0.39, 0.29) is 35.1 Å². The molecule has 0 unspecified atom stereocenters. The molecule has 1 aliphatic carbocycles. The summed E-state index contributed by atoms with van der Waals surface area (Å²) in [5.41, 5.74) is 3.95. The third kappa shape index (κ3) is 8.15. The van der Waals surface area contributed by atoms with E-state index in [0.717, 1.165) is 62.5 Å². The Kier molecular flexibility index (Phi) is 10.1. The predicted molar refractivity (Wildman–Crippen MR) is 185 cm³/mol. The Morgan fingerprint density at radius 1 is 0.840 bits per heavy atom. The molecular formula is C38H39F2N7O3. The van der Waals surface area contributed by atoms with E-state index in [1.165, 1.54) is 34.5 Å². The zero-order valence-corrected chi connectivity index (χ0v) is 27.6. The SMILES string of the molecule is O=C(NC1CCC(NC(=O)c2cc(F)cnc2Oc2cccc(-c3ccc(CCN4CCNCC4)cc3)c2)CC1)c1cn2cc(F)ccc2n1. The minimum Gasteiger partial charge on any atom is -0.438 e. The average molecular weight is 680 g/mol. The van der Waals surface area contributed by atoms with E-state index >= 15 is 0 Å². The number of amides is 2. The third-order valence-corrected chi connectivity index (χ3v) is 9.37. The van der Waals surface area contributed by atoms with Gasteiger partial charge in [-0.25, -0.2) is 18.7 Å². The Labute approximate surface area is 288 Å². The first-order chi connectivity index (χ1) is 24.4. The molecule has 2 amide bonds. The van der Waals surface area contributed by atoms with Crippen molar-refractivity contribution in [1.29, 1.82) is 0 Å². The molecule has 2 fully saturated rings. The molecular weight excluding hydrogens is 640 g/mol. The normalized spacial score (nSPS) is 18.1. The van der Waals surface area contributed by atoms with Crippen LogP contribution < -0.4 is 20.7 Å². The number of nitrogens with one attached hydrogen (secondary N) is 3. The average Bonchev–Trinajstić information content (AvgIpc) is 3.57. The van der Waals surface area contributed by atoms with E-state index in [2.05, 4.69) is 55.1 Å². The van der Waals surface area contributed by atoms with Gasteiger partial charge in [0.1, 0.15) is 34.3 Å². The van der Waals surface area contributed by atoms with Crippen molar-refractivity contribution in [3.63, 3.8) is 0 Å². The third-order valence-electron chi connectivity index (χ3n) is 9.37. The molecule has 3 aromatic heterocycles. The van der Waals surface area contributed by atoms with Gasteiger partial charge in [0, 0.05) is 57.2 Å². The number of pyridine rings is 2. The van der Waals surface area contributed by atoms with Gasteiger partial charge in [-0.3, -0.25) is 9.59 Å². The summed E-state index contributed by atoms with van der Waals surface area (Å²) < 4.78 is 35.4. The number of hydrogen-bond donors (Lipinski definition) is 3. The monoisotopic (exact) mass is 679 g/mol. The number of hydrogen-bond acceptors (Lipinski definition) is 7. The lowest BCUT2D eigenvalue weighted by Gasteiger charge is -2.29. The maximum atomic E-state index is 14.3. The summed E-state index contributed by atoms with van der Waals surface area (Å²) in [5, 5.41) is 9.38. The molecule has 50 heavy (non-hydrogen) atoms. The van der Waals surface area contributed by atoms with Crippen LogP contribution in [0.15, 0.2) is 85.3 Å². The van der Waals surface area contributed by atoms with Gasteiger partial charge in [-0.1, -0.05) is 36.4 Å². The van der Waals surface area contributed by atoms with Crippen LogP contribution in [0.2, 0.25) is 0 Å². The van der Waals surface area contributed by atoms with Crippen LogP contribution in [0.3, 0.4) is 0 Å². The molecule has 12 heteroatoms. The summed E-state index contributed by atoms with van der Waals surface area (Å²) in [6, 6.07) is 19.7. The second kappa shape index (κ2) is 15.1. The molecule has 0 bridgehead atoms. The Morgan fingerprint density at radius 2 is 1.58 bits per heavy atom.